The topological polar surface area (TPSA) is 89.1 Å². The first-order valence-corrected chi connectivity index (χ1v) is 7.58. The van der Waals surface area contributed by atoms with Crippen molar-refractivity contribution in [1.82, 2.24) is 25.3 Å². The first kappa shape index (κ1) is 15.1. The van der Waals surface area contributed by atoms with Gasteiger partial charge in [-0.3, -0.25) is 19.8 Å². The lowest BCUT2D eigenvalue weighted by Crippen LogP contribution is -2.30. The van der Waals surface area contributed by atoms with Gasteiger partial charge >= 0.3 is 0 Å². The lowest BCUT2D eigenvalue weighted by atomic mass is 10.4. The molecular formula is C11H15BrN6OS. The molecule has 0 aliphatic carbocycles. The first-order valence-electron chi connectivity index (χ1n) is 5.91. The maximum Gasteiger partial charge on any atom is 0.287 e. The van der Waals surface area contributed by atoms with Crippen LogP contribution >= 0.6 is 27.3 Å². The average Bonchev–Trinajstić information content (AvgIpc) is 3.05. The Bertz CT molecular complexity index is 583. The Morgan fingerprint density at radius 1 is 1.65 bits per heavy atom. The van der Waals surface area contributed by atoms with Crippen molar-refractivity contribution in [2.24, 2.45) is 5.84 Å². The summed E-state index contributed by atoms with van der Waals surface area (Å²) >= 11 is 5.16. The van der Waals surface area contributed by atoms with E-state index in [1.807, 2.05) is 12.5 Å². The molecule has 0 aliphatic rings. The molecule has 0 atom stereocenters. The highest BCUT2D eigenvalue weighted by molar-refractivity contribution is 9.10. The van der Waals surface area contributed by atoms with E-state index in [4.69, 9.17) is 5.84 Å². The molecule has 0 saturated heterocycles. The van der Waals surface area contributed by atoms with Gasteiger partial charge in [-0.15, -0.1) is 16.4 Å². The Morgan fingerprint density at radius 2 is 2.45 bits per heavy atom. The van der Waals surface area contributed by atoms with E-state index in [1.54, 1.807) is 22.2 Å². The van der Waals surface area contributed by atoms with Crippen molar-refractivity contribution < 1.29 is 4.79 Å². The summed E-state index contributed by atoms with van der Waals surface area (Å²) in [6, 6.07) is 2.11. The van der Waals surface area contributed by atoms with Crippen LogP contribution in [0.2, 0.25) is 0 Å². The van der Waals surface area contributed by atoms with Crippen LogP contribution in [0.4, 0.5) is 0 Å². The minimum atomic E-state index is -0.437. The second-order valence-corrected chi connectivity index (χ2v) is 6.22. The molecule has 0 radical (unpaired) electrons. The number of amides is 1. The zero-order valence-electron chi connectivity index (χ0n) is 10.9. The summed E-state index contributed by atoms with van der Waals surface area (Å²) in [6.07, 6.45) is 1.58. The zero-order chi connectivity index (χ0) is 14.5. The number of likely N-dealkylation sites (N-methyl/N-ethyl adjacent to an activating group) is 1. The number of nitrogens with zero attached hydrogens (tertiary/aromatic N) is 4. The normalized spacial score (nSPS) is 11.0. The predicted molar refractivity (Wildman–Crippen MR) is 80.0 cm³/mol. The van der Waals surface area contributed by atoms with E-state index in [9.17, 15) is 4.79 Å². The monoisotopic (exact) mass is 358 g/mol. The Balaban J connectivity index is 1.82. The highest BCUT2D eigenvalue weighted by Gasteiger charge is 2.09. The van der Waals surface area contributed by atoms with E-state index >= 15 is 0 Å². The summed E-state index contributed by atoms with van der Waals surface area (Å²) in [6.45, 7) is 2.34. The van der Waals surface area contributed by atoms with E-state index in [-0.39, 0.29) is 5.69 Å². The number of nitrogen functional groups attached to an aromatic ring is 1. The van der Waals surface area contributed by atoms with Crippen LogP contribution in [0.15, 0.2) is 22.1 Å². The molecule has 2 aromatic heterocycles. The number of nitrogens with one attached hydrogen (secondary N) is 1. The minimum absolute atomic E-state index is 0.220. The maximum atomic E-state index is 11.2. The Morgan fingerprint density at radius 3 is 3.10 bits per heavy atom. The number of aromatic nitrogens is 3. The number of hydrogen-bond acceptors (Lipinski definition) is 6. The second kappa shape index (κ2) is 6.93. The number of nitrogens with two attached hydrogens (primary N) is 1. The molecule has 0 fully saturated rings. The smallest absolute Gasteiger partial charge is 0.287 e. The first-order chi connectivity index (χ1) is 9.58. The van der Waals surface area contributed by atoms with Gasteiger partial charge in [-0.1, -0.05) is 5.21 Å². The van der Waals surface area contributed by atoms with Gasteiger partial charge in [0.15, 0.2) is 5.69 Å². The fraction of sp³-hybridized carbons (Fsp3) is 0.364. The number of hydrogen-bond donors (Lipinski definition) is 2. The SMILES string of the molecule is CN(CCn1cc(C(=O)NN)nn1)Cc1cc(Br)cs1. The highest BCUT2D eigenvalue weighted by Crippen LogP contribution is 2.20. The lowest BCUT2D eigenvalue weighted by molar-refractivity contribution is 0.0948. The van der Waals surface area contributed by atoms with Gasteiger partial charge < -0.3 is 0 Å². The summed E-state index contributed by atoms with van der Waals surface area (Å²) < 4.78 is 2.74. The summed E-state index contributed by atoms with van der Waals surface area (Å²) in [5.74, 6) is 4.60. The molecule has 0 saturated carbocycles. The average molecular weight is 359 g/mol. The van der Waals surface area contributed by atoms with Crippen LogP contribution in [-0.2, 0) is 13.1 Å². The van der Waals surface area contributed by atoms with Crippen LogP contribution in [-0.4, -0.2) is 39.4 Å². The van der Waals surface area contributed by atoms with Gasteiger partial charge in [0.2, 0.25) is 0 Å². The molecule has 7 nitrogen and oxygen atoms in total. The van der Waals surface area contributed by atoms with Gasteiger partial charge in [-0.05, 0) is 29.0 Å². The zero-order valence-corrected chi connectivity index (χ0v) is 13.3. The lowest BCUT2D eigenvalue weighted by Gasteiger charge is -2.14. The molecule has 1 amide bonds. The van der Waals surface area contributed by atoms with Crippen molar-refractivity contribution in [2.45, 2.75) is 13.1 Å². The van der Waals surface area contributed by atoms with E-state index in [0.29, 0.717) is 6.54 Å². The molecule has 20 heavy (non-hydrogen) atoms. The number of hydrazine groups is 1. The van der Waals surface area contributed by atoms with Crippen molar-refractivity contribution in [3.8, 4) is 0 Å². The molecule has 9 heteroatoms. The number of thiophene rings is 1. The summed E-state index contributed by atoms with van der Waals surface area (Å²) in [4.78, 5) is 14.7. The van der Waals surface area contributed by atoms with E-state index < -0.39 is 5.91 Å². The number of carbonyl (C=O) groups excluding carboxylic acids is 1. The van der Waals surface area contributed by atoms with Crippen LogP contribution in [0, 0.1) is 0 Å². The van der Waals surface area contributed by atoms with E-state index in [2.05, 4.69) is 42.6 Å². The standard InChI is InChI=1S/C11H15BrN6OS/c1-17(5-9-4-8(12)7-20-9)2-3-18-6-10(15-16-18)11(19)14-13/h4,6-7H,2-3,5,13H2,1H3,(H,14,19). The third kappa shape index (κ3) is 4.10. The predicted octanol–water partition coefficient (Wildman–Crippen LogP) is 0.838. The largest absolute Gasteiger partial charge is 0.299 e. The molecule has 0 aromatic carbocycles. The third-order valence-electron chi connectivity index (χ3n) is 2.66. The Hall–Kier alpha value is -1.29. The molecule has 0 aliphatic heterocycles. The molecule has 2 aromatic rings. The highest BCUT2D eigenvalue weighted by atomic mass is 79.9. The fourth-order valence-electron chi connectivity index (χ4n) is 1.64. The van der Waals surface area contributed by atoms with Crippen LogP contribution in [0.25, 0.3) is 0 Å². The van der Waals surface area contributed by atoms with Crippen molar-refractivity contribution in [2.75, 3.05) is 13.6 Å². The fourth-order valence-corrected chi connectivity index (χ4v) is 3.17. The van der Waals surface area contributed by atoms with Gasteiger partial charge in [0.05, 0.1) is 12.7 Å². The van der Waals surface area contributed by atoms with E-state index in [1.165, 1.54) is 4.88 Å². The molecule has 2 heterocycles. The Labute approximate surface area is 128 Å². The van der Waals surface area contributed by atoms with Gasteiger partial charge in [-0.2, -0.15) is 0 Å². The quantitative estimate of drug-likeness (QED) is 0.453. The Kier molecular flexibility index (Phi) is 5.24. The molecule has 0 bridgehead atoms. The molecule has 0 unspecified atom stereocenters. The van der Waals surface area contributed by atoms with Crippen molar-refractivity contribution in [3.05, 3.63) is 32.7 Å². The molecule has 2 rings (SSSR count). The third-order valence-corrected chi connectivity index (χ3v) is 4.34. The van der Waals surface area contributed by atoms with Gasteiger partial charge in [0.1, 0.15) is 0 Å². The van der Waals surface area contributed by atoms with Crippen LogP contribution in [0.3, 0.4) is 0 Å². The van der Waals surface area contributed by atoms with Crippen LogP contribution < -0.4 is 11.3 Å². The van der Waals surface area contributed by atoms with Gasteiger partial charge in [-0.25, -0.2) is 5.84 Å². The summed E-state index contributed by atoms with van der Waals surface area (Å²) in [7, 11) is 2.04. The van der Waals surface area contributed by atoms with Gasteiger partial charge in [0.25, 0.3) is 5.91 Å². The van der Waals surface area contributed by atoms with E-state index in [0.717, 1.165) is 17.6 Å². The molecule has 0 spiro atoms. The maximum absolute atomic E-state index is 11.2. The summed E-state index contributed by atoms with van der Waals surface area (Å²) in [5.41, 5.74) is 2.25. The molecule has 108 valence electrons. The molecular weight excluding hydrogens is 344 g/mol. The second-order valence-electron chi connectivity index (χ2n) is 4.31. The summed E-state index contributed by atoms with van der Waals surface area (Å²) in [5, 5.41) is 9.71. The number of halogens is 1. The van der Waals surface area contributed by atoms with Crippen molar-refractivity contribution in [3.63, 3.8) is 0 Å². The van der Waals surface area contributed by atoms with Crippen molar-refractivity contribution >= 4 is 33.2 Å². The van der Waals surface area contributed by atoms with Crippen molar-refractivity contribution in [1.29, 1.82) is 0 Å². The minimum Gasteiger partial charge on any atom is -0.299 e. The number of rotatable bonds is 6. The van der Waals surface area contributed by atoms with Crippen LogP contribution in [0.5, 0.6) is 0 Å². The molecule has 3 N–H and O–H groups in total. The number of carbonyl (C=O) groups is 1. The van der Waals surface area contributed by atoms with Crippen LogP contribution in [0.1, 0.15) is 15.4 Å². The van der Waals surface area contributed by atoms with Gasteiger partial charge in [0, 0.05) is 27.8 Å².